The smallest absolute Gasteiger partial charge is 0.244 e. The fourth-order valence-corrected chi connectivity index (χ4v) is 1.43. The molecule has 0 aliphatic carbocycles. The molecule has 0 unspecified atom stereocenters. The summed E-state index contributed by atoms with van der Waals surface area (Å²) in [6.45, 7) is 0.387. The minimum Gasteiger partial charge on any atom is -0.467 e. The topological polar surface area (TPSA) is 68.3 Å². The van der Waals surface area contributed by atoms with Gasteiger partial charge in [-0.3, -0.25) is 4.79 Å². The van der Waals surface area contributed by atoms with Crippen LogP contribution in [0.5, 0.6) is 0 Å². The standard InChI is InChI=1S/C14H14N2O2/c15-12-6-3-11(4-7-12)5-8-14(17)16-10-13-2-1-9-18-13/h1-9H,10,15H2,(H,16,17)/b8-5+. The number of rotatable bonds is 4. The number of hydrogen-bond donors (Lipinski definition) is 2. The highest BCUT2D eigenvalue weighted by Crippen LogP contribution is 2.06. The third-order valence-corrected chi connectivity index (χ3v) is 2.38. The molecule has 0 atom stereocenters. The Hall–Kier alpha value is -2.49. The highest BCUT2D eigenvalue weighted by molar-refractivity contribution is 5.91. The van der Waals surface area contributed by atoms with Crippen LogP contribution in [0.25, 0.3) is 6.08 Å². The largest absolute Gasteiger partial charge is 0.467 e. The van der Waals surface area contributed by atoms with Crippen LogP contribution in [0.3, 0.4) is 0 Å². The molecule has 1 heterocycles. The van der Waals surface area contributed by atoms with Crippen molar-refractivity contribution in [3.63, 3.8) is 0 Å². The van der Waals surface area contributed by atoms with Crippen LogP contribution < -0.4 is 11.1 Å². The summed E-state index contributed by atoms with van der Waals surface area (Å²) in [5.41, 5.74) is 7.20. The van der Waals surface area contributed by atoms with Crippen molar-refractivity contribution >= 4 is 17.7 Å². The van der Waals surface area contributed by atoms with E-state index in [-0.39, 0.29) is 5.91 Å². The number of anilines is 1. The highest BCUT2D eigenvalue weighted by atomic mass is 16.3. The molecular formula is C14H14N2O2. The van der Waals surface area contributed by atoms with E-state index in [1.54, 1.807) is 30.5 Å². The summed E-state index contributed by atoms with van der Waals surface area (Å²) in [4.78, 5) is 11.5. The first-order chi connectivity index (χ1) is 8.74. The van der Waals surface area contributed by atoms with Gasteiger partial charge in [0.2, 0.25) is 5.91 Å². The van der Waals surface area contributed by atoms with Crippen molar-refractivity contribution in [1.82, 2.24) is 5.32 Å². The Balaban J connectivity index is 1.85. The molecule has 1 aromatic heterocycles. The number of carbonyl (C=O) groups excluding carboxylic acids is 1. The van der Waals surface area contributed by atoms with Crippen LogP contribution in [0, 0.1) is 0 Å². The monoisotopic (exact) mass is 242 g/mol. The summed E-state index contributed by atoms with van der Waals surface area (Å²) in [6.07, 6.45) is 4.79. The van der Waals surface area contributed by atoms with Gasteiger partial charge in [-0.1, -0.05) is 12.1 Å². The van der Waals surface area contributed by atoms with Gasteiger partial charge in [0.1, 0.15) is 5.76 Å². The molecule has 1 amide bonds. The fraction of sp³-hybridized carbons (Fsp3) is 0.0714. The number of nitrogens with two attached hydrogens (primary N) is 1. The molecule has 0 aliphatic rings. The normalized spacial score (nSPS) is 10.7. The van der Waals surface area contributed by atoms with Crippen LogP contribution in [0.2, 0.25) is 0 Å². The maximum Gasteiger partial charge on any atom is 0.244 e. The molecule has 92 valence electrons. The van der Waals surface area contributed by atoms with E-state index in [0.29, 0.717) is 12.2 Å². The van der Waals surface area contributed by atoms with E-state index in [1.165, 1.54) is 6.08 Å². The second kappa shape index (κ2) is 5.72. The maximum atomic E-state index is 11.5. The zero-order chi connectivity index (χ0) is 12.8. The number of hydrogen-bond acceptors (Lipinski definition) is 3. The van der Waals surface area contributed by atoms with E-state index in [0.717, 1.165) is 11.3 Å². The molecule has 1 aromatic carbocycles. The minimum absolute atomic E-state index is 0.164. The molecule has 0 saturated heterocycles. The molecule has 4 heteroatoms. The van der Waals surface area contributed by atoms with Gasteiger partial charge < -0.3 is 15.5 Å². The zero-order valence-corrected chi connectivity index (χ0v) is 9.80. The molecule has 0 bridgehead atoms. The Kier molecular flexibility index (Phi) is 3.81. The van der Waals surface area contributed by atoms with Crippen LogP contribution in [-0.4, -0.2) is 5.91 Å². The first-order valence-corrected chi connectivity index (χ1v) is 5.58. The third-order valence-electron chi connectivity index (χ3n) is 2.38. The SMILES string of the molecule is Nc1ccc(/C=C/C(=O)NCc2ccco2)cc1. The quantitative estimate of drug-likeness (QED) is 0.638. The van der Waals surface area contributed by atoms with Gasteiger partial charge in [0.15, 0.2) is 0 Å². The van der Waals surface area contributed by atoms with Crippen LogP contribution in [-0.2, 0) is 11.3 Å². The lowest BCUT2D eigenvalue weighted by Gasteiger charge is -1.98. The number of nitrogens with one attached hydrogen (secondary N) is 1. The lowest BCUT2D eigenvalue weighted by Crippen LogP contribution is -2.19. The molecule has 18 heavy (non-hydrogen) atoms. The predicted molar refractivity (Wildman–Crippen MR) is 70.4 cm³/mol. The summed E-state index contributed by atoms with van der Waals surface area (Å²) in [6, 6.07) is 10.9. The predicted octanol–water partition coefficient (Wildman–Crippen LogP) is 2.19. The number of nitrogen functional groups attached to an aromatic ring is 1. The fourth-order valence-electron chi connectivity index (χ4n) is 1.43. The molecule has 0 spiro atoms. The van der Waals surface area contributed by atoms with Gasteiger partial charge in [-0.15, -0.1) is 0 Å². The number of benzene rings is 1. The Labute approximate surface area is 105 Å². The summed E-state index contributed by atoms with van der Waals surface area (Å²) in [5, 5.41) is 2.72. The molecule has 0 saturated carbocycles. The van der Waals surface area contributed by atoms with Crippen molar-refractivity contribution < 1.29 is 9.21 Å². The Morgan fingerprint density at radius 2 is 2.06 bits per heavy atom. The molecule has 2 rings (SSSR count). The average molecular weight is 242 g/mol. The Morgan fingerprint density at radius 3 is 2.72 bits per heavy atom. The van der Waals surface area contributed by atoms with Crippen LogP contribution >= 0.6 is 0 Å². The first-order valence-electron chi connectivity index (χ1n) is 5.58. The van der Waals surface area contributed by atoms with Crippen LogP contribution in [0.15, 0.2) is 53.2 Å². The van der Waals surface area contributed by atoms with Gasteiger partial charge in [-0.25, -0.2) is 0 Å². The van der Waals surface area contributed by atoms with Gasteiger partial charge >= 0.3 is 0 Å². The second-order valence-corrected chi connectivity index (χ2v) is 3.80. The van der Waals surface area contributed by atoms with E-state index in [2.05, 4.69) is 5.32 Å². The number of furan rings is 1. The Bertz CT molecular complexity index is 527. The minimum atomic E-state index is -0.164. The van der Waals surface area contributed by atoms with Gasteiger partial charge in [-0.2, -0.15) is 0 Å². The molecule has 0 aliphatic heterocycles. The van der Waals surface area contributed by atoms with Crippen LogP contribution in [0.1, 0.15) is 11.3 Å². The average Bonchev–Trinajstić information content (AvgIpc) is 2.89. The Morgan fingerprint density at radius 1 is 1.28 bits per heavy atom. The van der Waals surface area contributed by atoms with Gasteiger partial charge in [-0.05, 0) is 35.9 Å². The zero-order valence-electron chi connectivity index (χ0n) is 9.80. The lowest BCUT2D eigenvalue weighted by molar-refractivity contribution is -0.116. The van der Waals surface area contributed by atoms with E-state index >= 15 is 0 Å². The van der Waals surface area contributed by atoms with Crippen molar-refractivity contribution in [2.45, 2.75) is 6.54 Å². The molecule has 3 N–H and O–H groups in total. The maximum absolute atomic E-state index is 11.5. The van der Waals surface area contributed by atoms with Crippen molar-refractivity contribution in [3.8, 4) is 0 Å². The van der Waals surface area contributed by atoms with Crippen LogP contribution in [0.4, 0.5) is 5.69 Å². The lowest BCUT2D eigenvalue weighted by atomic mass is 10.2. The summed E-state index contributed by atoms with van der Waals surface area (Å²) >= 11 is 0. The van der Waals surface area contributed by atoms with Crippen molar-refractivity contribution in [2.24, 2.45) is 0 Å². The summed E-state index contributed by atoms with van der Waals surface area (Å²) in [5.74, 6) is 0.562. The van der Waals surface area contributed by atoms with Crippen molar-refractivity contribution in [1.29, 1.82) is 0 Å². The van der Waals surface area contributed by atoms with E-state index in [1.807, 2.05) is 18.2 Å². The van der Waals surface area contributed by atoms with E-state index in [9.17, 15) is 4.79 Å². The van der Waals surface area contributed by atoms with Crippen molar-refractivity contribution in [2.75, 3.05) is 5.73 Å². The number of amides is 1. The summed E-state index contributed by atoms with van der Waals surface area (Å²) in [7, 11) is 0. The van der Waals surface area contributed by atoms with Crippen molar-refractivity contribution in [3.05, 3.63) is 60.1 Å². The second-order valence-electron chi connectivity index (χ2n) is 3.80. The molecular weight excluding hydrogens is 228 g/mol. The third kappa shape index (κ3) is 3.52. The highest BCUT2D eigenvalue weighted by Gasteiger charge is 1.98. The molecule has 4 nitrogen and oxygen atoms in total. The molecule has 0 radical (unpaired) electrons. The molecule has 0 fully saturated rings. The van der Waals surface area contributed by atoms with Gasteiger partial charge in [0.25, 0.3) is 0 Å². The number of carbonyl (C=O) groups is 1. The van der Waals surface area contributed by atoms with Gasteiger partial charge in [0, 0.05) is 11.8 Å². The van der Waals surface area contributed by atoms with Gasteiger partial charge in [0.05, 0.1) is 12.8 Å². The first kappa shape index (κ1) is 12.0. The molecule has 2 aromatic rings. The van der Waals surface area contributed by atoms with E-state index < -0.39 is 0 Å². The summed E-state index contributed by atoms with van der Waals surface area (Å²) < 4.78 is 5.11. The van der Waals surface area contributed by atoms with E-state index in [4.69, 9.17) is 10.2 Å².